The molecule has 0 radical (unpaired) electrons. The Hall–Kier alpha value is -3.15. The zero-order valence-corrected chi connectivity index (χ0v) is 10.9. The van der Waals surface area contributed by atoms with Crippen LogP contribution in [0.15, 0.2) is 64.0 Å². The van der Waals surface area contributed by atoms with E-state index in [1.807, 2.05) is 6.07 Å². The average molecular weight is 281 g/mol. The largest absolute Gasteiger partial charge is 0.465 e. The van der Waals surface area contributed by atoms with Gasteiger partial charge >= 0.3 is 0 Å². The van der Waals surface area contributed by atoms with E-state index < -0.39 is 0 Å². The Labute approximate surface area is 120 Å². The van der Waals surface area contributed by atoms with Crippen molar-refractivity contribution < 1.29 is 13.6 Å². The lowest BCUT2D eigenvalue weighted by Crippen LogP contribution is -2.07. The molecule has 0 atom stereocenters. The number of benzene rings is 1. The number of carbonyl (C=O) groups is 1. The summed E-state index contributed by atoms with van der Waals surface area (Å²) in [5.74, 6) is 0.760. The molecule has 0 fully saturated rings. The second-order valence-corrected chi connectivity index (χ2v) is 4.16. The summed E-state index contributed by atoms with van der Waals surface area (Å²) in [5, 5.41) is 10.2. The van der Waals surface area contributed by atoms with Crippen molar-refractivity contribution in [3.05, 3.63) is 60.9 Å². The maximum Gasteiger partial charge on any atom is 0.248 e. The molecule has 0 spiro atoms. The van der Waals surface area contributed by atoms with Crippen LogP contribution in [0.3, 0.4) is 0 Å². The first kappa shape index (κ1) is 12.9. The standard InChI is InChI=1S/C15H11N3O3/c19-14(7-6-13-5-2-8-20-13)17-12-4-1-3-11(9-12)15-18-16-10-21-15/h1-10H,(H,17,19). The SMILES string of the molecule is O=C(C=Cc1ccco1)Nc1cccc(-c2nnco2)c1. The van der Waals surface area contributed by atoms with Crippen molar-refractivity contribution in [2.45, 2.75) is 0 Å². The molecule has 0 bridgehead atoms. The summed E-state index contributed by atoms with van der Waals surface area (Å²) >= 11 is 0. The number of rotatable bonds is 4. The summed E-state index contributed by atoms with van der Waals surface area (Å²) in [7, 11) is 0. The minimum atomic E-state index is -0.255. The number of nitrogens with zero attached hydrogens (tertiary/aromatic N) is 2. The molecule has 0 aliphatic carbocycles. The molecular formula is C15H11N3O3. The van der Waals surface area contributed by atoms with Gasteiger partial charge in [0.05, 0.1) is 6.26 Å². The highest BCUT2D eigenvalue weighted by Crippen LogP contribution is 2.20. The molecule has 21 heavy (non-hydrogen) atoms. The van der Waals surface area contributed by atoms with Gasteiger partial charge < -0.3 is 14.2 Å². The fourth-order valence-corrected chi connectivity index (χ4v) is 1.76. The molecule has 0 aliphatic heterocycles. The Morgan fingerprint density at radius 3 is 2.90 bits per heavy atom. The van der Waals surface area contributed by atoms with Crippen molar-refractivity contribution in [1.82, 2.24) is 10.2 Å². The van der Waals surface area contributed by atoms with Gasteiger partial charge in [0.1, 0.15) is 5.76 Å². The first-order valence-corrected chi connectivity index (χ1v) is 6.20. The fourth-order valence-electron chi connectivity index (χ4n) is 1.76. The number of anilines is 1. The highest BCUT2D eigenvalue weighted by molar-refractivity contribution is 6.02. The Morgan fingerprint density at radius 2 is 2.14 bits per heavy atom. The third-order valence-corrected chi connectivity index (χ3v) is 2.68. The van der Waals surface area contributed by atoms with Crippen LogP contribution in [-0.2, 0) is 4.79 Å². The second kappa shape index (κ2) is 5.87. The lowest BCUT2D eigenvalue weighted by atomic mass is 10.2. The molecule has 0 saturated heterocycles. The molecular weight excluding hydrogens is 270 g/mol. The van der Waals surface area contributed by atoms with E-state index >= 15 is 0 Å². The molecule has 6 nitrogen and oxygen atoms in total. The van der Waals surface area contributed by atoms with Crippen LogP contribution >= 0.6 is 0 Å². The van der Waals surface area contributed by atoms with E-state index in [-0.39, 0.29) is 5.91 Å². The van der Waals surface area contributed by atoms with Crippen molar-refractivity contribution in [2.24, 2.45) is 0 Å². The van der Waals surface area contributed by atoms with E-state index in [4.69, 9.17) is 8.83 Å². The molecule has 2 aromatic heterocycles. The van der Waals surface area contributed by atoms with Gasteiger partial charge in [0, 0.05) is 17.3 Å². The predicted molar refractivity (Wildman–Crippen MR) is 76.1 cm³/mol. The molecule has 1 amide bonds. The van der Waals surface area contributed by atoms with Crippen LogP contribution in [0.5, 0.6) is 0 Å². The summed E-state index contributed by atoms with van der Waals surface area (Å²) in [6.45, 7) is 0. The van der Waals surface area contributed by atoms with Crippen molar-refractivity contribution in [1.29, 1.82) is 0 Å². The predicted octanol–water partition coefficient (Wildman–Crippen LogP) is 2.98. The zero-order valence-electron chi connectivity index (χ0n) is 10.9. The molecule has 3 aromatic rings. The van der Waals surface area contributed by atoms with Gasteiger partial charge in [-0.25, -0.2) is 0 Å². The Morgan fingerprint density at radius 1 is 1.19 bits per heavy atom. The van der Waals surface area contributed by atoms with Gasteiger partial charge in [-0.3, -0.25) is 4.79 Å². The highest BCUT2D eigenvalue weighted by atomic mass is 16.4. The monoisotopic (exact) mass is 281 g/mol. The molecule has 6 heteroatoms. The zero-order chi connectivity index (χ0) is 14.5. The third-order valence-electron chi connectivity index (χ3n) is 2.68. The van der Waals surface area contributed by atoms with Crippen LogP contribution in [0, 0.1) is 0 Å². The summed E-state index contributed by atoms with van der Waals surface area (Å²) in [5.41, 5.74) is 1.38. The number of amides is 1. The van der Waals surface area contributed by atoms with Crippen LogP contribution in [-0.4, -0.2) is 16.1 Å². The summed E-state index contributed by atoms with van der Waals surface area (Å²) < 4.78 is 10.2. The molecule has 1 N–H and O–H groups in total. The minimum Gasteiger partial charge on any atom is -0.465 e. The number of aromatic nitrogens is 2. The number of hydrogen-bond donors (Lipinski definition) is 1. The molecule has 0 saturated carbocycles. The number of hydrogen-bond acceptors (Lipinski definition) is 5. The summed E-state index contributed by atoms with van der Waals surface area (Å²) in [4.78, 5) is 11.8. The van der Waals surface area contributed by atoms with Gasteiger partial charge in [0.2, 0.25) is 18.2 Å². The van der Waals surface area contributed by atoms with Crippen LogP contribution in [0.4, 0.5) is 5.69 Å². The maximum absolute atomic E-state index is 11.8. The Balaban J connectivity index is 1.70. The first-order valence-electron chi connectivity index (χ1n) is 6.20. The van der Waals surface area contributed by atoms with Gasteiger partial charge in [0.25, 0.3) is 0 Å². The quantitative estimate of drug-likeness (QED) is 0.743. The smallest absolute Gasteiger partial charge is 0.248 e. The Bertz CT molecular complexity index is 746. The Kier molecular flexibility index (Phi) is 3.60. The summed E-state index contributed by atoms with van der Waals surface area (Å²) in [6.07, 6.45) is 5.80. The summed E-state index contributed by atoms with van der Waals surface area (Å²) in [6, 6.07) is 10.7. The average Bonchev–Trinajstić information content (AvgIpc) is 3.19. The third kappa shape index (κ3) is 3.24. The van der Waals surface area contributed by atoms with Crippen LogP contribution < -0.4 is 5.32 Å². The van der Waals surface area contributed by atoms with Gasteiger partial charge in [0.15, 0.2) is 0 Å². The van der Waals surface area contributed by atoms with Crippen molar-refractivity contribution in [3.8, 4) is 11.5 Å². The van der Waals surface area contributed by atoms with E-state index in [0.29, 0.717) is 17.3 Å². The highest BCUT2D eigenvalue weighted by Gasteiger charge is 2.05. The van der Waals surface area contributed by atoms with E-state index in [2.05, 4.69) is 15.5 Å². The number of nitrogens with one attached hydrogen (secondary N) is 1. The fraction of sp³-hybridized carbons (Fsp3) is 0. The van der Waals surface area contributed by atoms with Gasteiger partial charge in [-0.1, -0.05) is 6.07 Å². The normalized spacial score (nSPS) is 10.9. The van der Waals surface area contributed by atoms with Crippen LogP contribution in [0.2, 0.25) is 0 Å². The maximum atomic E-state index is 11.8. The van der Waals surface area contributed by atoms with E-state index in [1.54, 1.807) is 42.7 Å². The van der Waals surface area contributed by atoms with Crippen LogP contribution in [0.1, 0.15) is 5.76 Å². The van der Waals surface area contributed by atoms with E-state index in [1.165, 1.54) is 12.5 Å². The van der Waals surface area contributed by atoms with Crippen molar-refractivity contribution in [3.63, 3.8) is 0 Å². The molecule has 2 heterocycles. The van der Waals surface area contributed by atoms with Gasteiger partial charge in [-0.2, -0.15) is 0 Å². The van der Waals surface area contributed by atoms with Gasteiger partial charge in [-0.15, -0.1) is 10.2 Å². The topological polar surface area (TPSA) is 81.2 Å². The van der Waals surface area contributed by atoms with Gasteiger partial charge in [-0.05, 0) is 36.4 Å². The molecule has 1 aromatic carbocycles. The molecule has 0 aliphatic rings. The van der Waals surface area contributed by atoms with Crippen molar-refractivity contribution >= 4 is 17.7 Å². The molecule has 3 rings (SSSR count). The lowest BCUT2D eigenvalue weighted by Gasteiger charge is -2.03. The van der Waals surface area contributed by atoms with Crippen molar-refractivity contribution in [2.75, 3.05) is 5.32 Å². The lowest BCUT2D eigenvalue weighted by molar-refractivity contribution is -0.111. The van der Waals surface area contributed by atoms with Crippen LogP contribution in [0.25, 0.3) is 17.5 Å². The minimum absolute atomic E-state index is 0.255. The first-order chi connectivity index (χ1) is 10.3. The molecule has 104 valence electrons. The number of carbonyl (C=O) groups excluding carboxylic acids is 1. The van der Waals surface area contributed by atoms with E-state index in [0.717, 1.165) is 5.56 Å². The molecule has 0 unspecified atom stereocenters. The number of furan rings is 1. The van der Waals surface area contributed by atoms with E-state index in [9.17, 15) is 4.79 Å². The second-order valence-electron chi connectivity index (χ2n) is 4.16.